The van der Waals surface area contributed by atoms with Gasteiger partial charge in [0.05, 0.1) is 12.0 Å². The maximum Gasteiger partial charge on any atom is 0.573 e. The van der Waals surface area contributed by atoms with Crippen LogP contribution in [-0.4, -0.2) is 30.9 Å². The molecule has 1 aromatic rings. The lowest BCUT2D eigenvalue weighted by Gasteiger charge is -2.16. The summed E-state index contributed by atoms with van der Waals surface area (Å²) in [6.45, 7) is -1.64. The lowest BCUT2D eigenvalue weighted by molar-refractivity contribution is -0.275. The second-order valence-electron chi connectivity index (χ2n) is 4.27. The zero-order valence-corrected chi connectivity index (χ0v) is 11.2. The Bertz CT molecular complexity index is 597. The number of ether oxygens (including phenoxy) is 1. The highest BCUT2D eigenvalue weighted by Gasteiger charge is 2.34. The van der Waals surface area contributed by atoms with Gasteiger partial charge in [-0.05, 0) is 6.07 Å². The second kappa shape index (κ2) is 6.75. The minimum absolute atomic E-state index is 0.432. The Labute approximate surface area is 125 Å². The number of nitrogens with two attached hydrogens (primary N) is 1. The van der Waals surface area contributed by atoms with Crippen molar-refractivity contribution in [3.8, 4) is 5.75 Å². The first kappa shape index (κ1) is 18.6. The van der Waals surface area contributed by atoms with Crippen molar-refractivity contribution in [1.29, 1.82) is 0 Å². The third-order valence-corrected chi connectivity index (χ3v) is 2.42. The molecule has 128 valence electrons. The maximum atomic E-state index is 12.4. The summed E-state index contributed by atoms with van der Waals surface area (Å²) in [7, 11) is 0. The van der Waals surface area contributed by atoms with Crippen LogP contribution >= 0.6 is 0 Å². The van der Waals surface area contributed by atoms with Crippen molar-refractivity contribution in [1.82, 2.24) is 5.32 Å². The van der Waals surface area contributed by atoms with E-state index in [0.29, 0.717) is 0 Å². The Morgan fingerprint density at radius 2 is 1.74 bits per heavy atom. The number of hydrogen-bond donors (Lipinski definition) is 2. The number of carbonyl (C=O) groups is 2. The van der Waals surface area contributed by atoms with Crippen molar-refractivity contribution in [2.75, 3.05) is 6.54 Å². The van der Waals surface area contributed by atoms with Crippen LogP contribution in [-0.2, 0) is 11.2 Å². The Morgan fingerprint density at radius 1 is 1.13 bits per heavy atom. The van der Waals surface area contributed by atoms with Crippen LogP contribution in [0.25, 0.3) is 0 Å². The van der Waals surface area contributed by atoms with Gasteiger partial charge in [0.2, 0.25) is 5.91 Å². The minimum atomic E-state index is -5.18. The molecule has 0 saturated heterocycles. The van der Waals surface area contributed by atoms with E-state index in [1.54, 1.807) is 0 Å². The molecule has 2 amide bonds. The normalized spacial score (nSPS) is 11.9. The molecule has 0 spiro atoms. The van der Waals surface area contributed by atoms with Crippen molar-refractivity contribution >= 4 is 11.8 Å². The van der Waals surface area contributed by atoms with Crippen LogP contribution in [0.4, 0.5) is 26.3 Å². The van der Waals surface area contributed by atoms with E-state index in [1.807, 2.05) is 0 Å². The van der Waals surface area contributed by atoms with E-state index in [-0.39, 0.29) is 0 Å². The molecular formula is C12H10F6N2O3. The van der Waals surface area contributed by atoms with E-state index in [4.69, 9.17) is 5.73 Å². The standard InChI is InChI=1S/C12H10F6N2O3/c13-11(14,15)5-20-8(21)4-6-2-1-3-7(10(19)22)9(6)23-12(16,17)18/h1-3H,4-5H2,(H2,19,22)(H,20,21). The summed E-state index contributed by atoms with van der Waals surface area (Å²) in [4.78, 5) is 22.5. The first-order valence-corrected chi connectivity index (χ1v) is 5.90. The van der Waals surface area contributed by atoms with Gasteiger partial charge in [-0.2, -0.15) is 13.2 Å². The number of primary amides is 1. The van der Waals surface area contributed by atoms with Gasteiger partial charge in [-0.1, -0.05) is 12.1 Å². The largest absolute Gasteiger partial charge is 0.573 e. The van der Waals surface area contributed by atoms with Crippen molar-refractivity contribution in [3.63, 3.8) is 0 Å². The molecule has 0 heterocycles. The summed E-state index contributed by atoms with van der Waals surface area (Å²) >= 11 is 0. The molecule has 1 aromatic carbocycles. The second-order valence-corrected chi connectivity index (χ2v) is 4.27. The fourth-order valence-electron chi connectivity index (χ4n) is 1.59. The van der Waals surface area contributed by atoms with Gasteiger partial charge in [0.15, 0.2) is 0 Å². The number of halogens is 6. The first-order valence-electron chi connectivity index (χ1n) is 5.90. The van der Waals surface area contributed by atoms with Gasteiger partial charge in [0.25, 0.3) is 5.91 Å². The molecule has 0 aliphatic heterocycles. The topological polar surface area (TPSA) is 81.4 Å². The van der Waals surface area contributed by atoms with Crippen LogP contribution in [0.1, 0.15) is 15.9 Å². The van der Waals surface area contributed by atoms with Gasteiger partial charge in [-0.25, -0.2) is 0 Å². The average molecular weight is 344 g/mol. The van der Waals surface area contributed by atoms with E-state index in [2.05, 4.69) is 4.74 Å². The third kappa shape index (κ3) is 6.45. The highest BCUT2D eigenvalue weighted by molar-refractivity contribution is 5.96. The smallest absolute Gasteiger partial charge is 0.405 e. The van der Waals surface area contributed by atoms with E-state index in [9.17, 15) is 35.9 Å². The monoisotopic (exact) mass is 344 g/mol. The molecule has 0 atom stereocenters. The molecule has 0 saturated carbocycles. The molecule has 0 aliphatic rings. The van der Waals surface area contributed by atoms with Gasteiger partial charge in [-0.15, -0.1) is 13.2 Å². The van der Waals surface area contributed by atoms with Crippen LogP contribution in [0.3, 0.4) is 0 Å². The summed E-state index contributed by atoms with van der Waals surface area (Å²) in [5.41, 5.74) is 3.83. The van der Waals surface area contributed by atoms with Gasteiger partial charge in [0.1, 0.15) is 12.3 Å². The molecule has 11 heteroatoms. The van der Waals surface area contributed by atoms with Crippen LogP contribution in [0.15, 0.2) is 18.2 Å². The average Bonchev–Trinajstić information content (AvgIpc) is 2.35. The number of benzene rings is 1. The minimum Gasteiger partial charge on any atom is -0.405 e. The van der Waals surface area contributed by atoms with E-state index < -0.39 is 54.2 Å². The molecule has 1 rings (SSSR count). The molecular weight excluding hydrogens is 334 g/mol. The predicted molar refractivity (Wildman–Crippen MR) is 64.4 cm³/mol. The van der Waals surface area contributed by atoms with Crippen molar-refractivity contribution in [2.45, 2.75) is 19.0 Å². The molecule has 0 fully saturated rings. The molecule has 0 aromatic heterocycles. The van der Waals surface area contributed by atoms with Crippen molar-refractivity contribution in [2.24, 2.45) is 5.73 Å². The molecule has 5 nitrogen and oxygen atoms in total. The number of hydrogen-bond acceptors (Lipinski definition) is 3. The summed E-state index contributed by atoms with van der Waals surface area (Å²) in [6, 6.07) is 3.05. The van der Waals surface area contributed by atoms with E-state index >= 15 is 0 Å². The van der Waals surface area contributed by atoms with E-state index in [1.165, 1.54) is 5.32 Å². The third-order valence-electron chi connectivity index (χ3n) is 2.42. The van der Waals surface area contributed by atoms with Gasteiger partial charge in [-0.3, -0.25) is 9.59 Å². The van der Waals surface area contributed by atoms with Gasteiger partial charge < -0.3 is 15.8 Å². The fraction of sp³-hybridized carbons (Fsp3) is 0.333. The number of rotatable bonds is 5. The fourth-order valence-corrected chi connectivity index (χ4v) is 1.59. The lowest BCUT2D eigenvalue weighted by Crippen LogP contribution is -2.35. The Balaban J connectivity index is 3.03. The Morgan fingerprint density at radius 3 is 2.22 bits per heavy atom. The summed E-state index contributed by atoms with van der Waals surface area (Å²) < 4.78 is 76.7. The van der Waals surface area contributed by atoms with Crippen molar-refractivity contribution < 1.29 is 40.7 Å². The van der Waals surface area contributed by atoms with Gasteiger partial charge >= 0.3 is 12.5 Å². The predicted octanol–water partition coefficient (Wildman–Crippen LogP) is 1.91. The molecule has 0 radical (unpaired) electrons. The molecule has 0 unspecified atom stereocenters. The molecule has 0 aliphatic carbocycles. The highest BCUT2D eigenvalue weighted by atomic mass is 19.4. The molecule has 23 heavy (non-hydrogen) atoms. The van der Waals surface area contributed by atoms with Crippen LogP contribution in [0.2, 0.25) is 0 Å². The van der Waals surface area contributed by atoms with Crippen LogP contribution in [0, 0.1) is 0 Å². The Kier molecular flexibility index (Phi) is 5.46. The van der Waals surface area contributed by atoms with Gasteiger partial charge in [0, 0.05) is 5.56 Å². The van der Waals surface area contributed by atoms with Crippen LogP contribution in [0.5, 0.6) is 5.75 Å². The summed E-state index contributed by atoms with van der Waals surface area (Å²) in [5.74, 6) is -3.47. The summed E-state index contributed by atoms with van der Waals surface area (Å²) in [5, 5.41) is 1.49. The maximum absolute atomic E-state index is 12.4. The zero-order valence-electron chi connectivity index (χ0n) is 11.2. The lowest BCUT2D eigenvalue weighted by atomic mass is 10.1. The SMILES string of the molecule is NC(=O)c1cccc(CC(=O)NCC(F)(F)F)c1OC(F)(F)F. The van der Waals surface area contributed by atoms with Crippen LogP contribution < -0.4 is 15.8 Å². The zero-order chi connectivity index (χ0) is 17.8. The number of amides is 2. The summed E-state index contributed by atoms with van der Waals surface area (Å²) in [6.07, 6.45) is -10.7. The number of para-hydroxylation sites is 1. The Hall–Kier alpha value is -2.46. The van der Waals surface area contributed by atoms with E-state index in [0.717, 1.165) is 18.2 Å². The number of carbonyl (C=O) groups excluding carboxylic acids is 2. The van der Waals surface area contributed by atoms with Crippen molar-refractivity contribution in [3.05, 3.63) is 29.3 Å². The highest BCUT2D eigenvalue weighted by Crippen LogP contribution is 2.30. The molecule has 3 N–H and O–H groups in total. The first-order chi connectivity index (χ1) is 10.4. The number of nitrogens with one attached hydrogen (secondary N) is 1. The number of alkyl halides is 6. The quantitative estimate of drug-likeness (QED) is 0.801. The molecule has 0 bridgehead atoms.